The molecule has 1 N–H and O–H groups in total. The van der Waals surface area contributed by atoms with Crippen LogP contribution in [0.15, 0.2) is 18.2 Å². The lowest BCUT2D eigenvalue weighted by atomic mass is 10.1. The van der Waals surface area contributed by atoms with Gasteiger partial charge in [-0.2, -0.15) is 0 Å². The highest BCUT2D eigenvalue weighted by Gasteiger charge is 2.45. The van der Waals surface area contributed by atoms with Crippen LogP contribution in [0.25, 0.3) is 0 Å². The van der Waals surface area contributed by atoms with Crippen LogP contribution >= 0.6 is 0 Å². The van der Waals surface area contributed by atoms with Gasteiger partial charge < -0.3 is 5.11 Å². The summed E-state index contributed by atoms with van der Waals surface area (Å²) in [6.45, 7) is 1.51. The van der Waals surface area contributed by atoms with Gasteiger partial charge in [0.15, 0.2) is 0 Å². The minimum atomic E-state index is -1.33. The van der Waals surface area contributed by atoms with Crippen molar-refractivity contribution in [3.05, 3.63) is 39.4 Å². The number of amides is 2. The Morgan fingerprint density at radius 1 is 1.40 bits per heavy atom. The molecule has 1 heterocycles. The number of carbonyl (C=O) groups excluding carboxylic acids is 2. The molecule has 1 aliphatic heterocycles. The zero-order valence-electron chi connectivity index (χ0n) is 10.4. The van der Waals surface area contributed by atoms with Crippen molar-refractivity contribution in [3.8, 4) is 0 Å². The topological polar surface area (TPSA) is 118 Å². The summed E-state index contributed by atoms with van der Waals surface area (Å²) in [5, 5.41) is 19.9. The highest BCUT2D eigenvalue weighted by molar-refractivity contribution is 6.24. The Balaban J connectivity index is 2.59. The van der Waals surface area contributed by atoms with E-state index in [4.69, 9.17) is 5.11 Å². The van der Waals surface area contributed by atoms with Crippen molar-refractivity contribution in [2.45, 2.75) is 19.4 Å². The van der Waals surface area contributed by atoms with E-state index in [9.17, 15) is 24.5 Å². The number of rotatable bonds is 4. The molecule has 20 heavy (non-hydrogen) atoms. The molecule has 0 fully saturated rings. The Morgan fingerprint density at radius 2 is 2.05 bits per heavy atom. The van der Waals surface area contributed by atoms with Crippen LogP contribution in [0.3, 0.4) is 0 Å². The van der Waals surface area contributed by atoms with Crippen LogP contribution in [-0.4, -0.2) is 38.8 Å². The molecular weight excluding hydrogens is 268 g/mol. The molecule has 104 valence electrons. The molecule has 2 rings (SSSR count). The first kappa shape index (κ1) is 13.7. The zero-order valence-corrected chi connectivity index (χ0v) is 10.4. The lowest BCUT2D eigenvalue weighted by molar-refractivity contribution is -0.385. The Labute approximate surface area is 112 Å². The molecule has 1 aliphatic rings. The number of fused-ring (bicyclic) bond motifs is 1. The maximum absolute atomic E-state index is 12.2. The largest absolute Gasteiger partial charge is 0.480 e. The van der Waals surface area contributed by atoms with E-state index < -0.39 is 34.4 Å². The van der Waals surface area contributed by atoms with Crippen LogP contribution in [0.5, 0.6) is 0 Å². The van der Waals surface area contributed by atoms with Crippen molar-refractivity contribution in [3.63, 3.8) is 0 Å². The molecule has 2 amide bonds. The van der Waals surface area contributed by atoms with Crippen LogP contribution in [0, 0.1) is 10.1 Å². The smallest absolute Gasteiger partial charge is 0.326 e. The second-order valence-corrected chi connectivity index (χ2v) is 4.20. The van der Waals surface area contributed by atoms with Gasteiger partial charge in [-0.05, 0) is 12.5 Å². The predicted molar refractivity (Wildman–Crippen MR) is 65.3 cm³/mol. The normalized spacial score (nSPS) is 15.2. The molecular formula is C12H10N2O6. The minimum absolute atomic E-state index is 0.0224. The number of aliphatic carboxylic acids is 1. The Morgan fingerprint density at radius 3 is 2.55 bits per heavy atom. The molecule has 0 bridgehead atoms. The van der Waals surface area contributed by atoms with Gasteiger partial charge in [0.05, 0.1) is 10.5 Å². The van der Waals surface area contributed by atoms with Gasteiger partial charge >= 0.3 is 5.97 Å². The number of imide groups is 1. The summed E-state index contributed by atoms with van der Waals surface area (Å²) in [7, 11) is 0. The number of carbonyl (C=O) groups is 3. The van der Waals surface area contributed by atoms with Crippen LogP contribution in [-0.2, 0) is 4.79 Å². The van der Waals surface area contributed by atoms with Crippen LogP contribution in [0.4, 0.5) is 5.69 Å². The molecule has 0 aliphatic carbocycles. The standard InChI is InChI=1S/C12H10N2O6/c1-2-7(12(17)18)13-10(15)6-4-3-5-8(14(19)20)9(6)11(13)16/h3-5,7H,2H2,1H3,(H,17,18)/t7-/m0/s1. The van der Waals surface area contributed by atoms with Gasteiger partial charge in [-0.3, -0.25) is 24.6 Å². The first-order chi connectivity index (χ1) is 9.40. The summed E-state index contributed by atoms with van der Waals surface area (Å²) in [5.41, 5.74) is -0.977. The Bertz CT molecular complexity index is 639. The van der Waals surface area contributed by atoms with Gasteiger partial charge in [0.2, 0.25) is 0 Å². The van der Waals surface area contributed by atoms with Crippen molar-refractivity contribution in [1.82, 2.24) is 4.90 Å². The number of nitrogens with zero attached hydrogens (tertiary/aromatic N) is 2. The summed E-state index contributed by atoms with van der Waals surface area (Å²) in [5.74, 6) is -3.08. The summed E-state index contributed by atoms with van der Waals surface area (Å²) < 4.78 is 0. The SMILES string of the molecule is CC[C@@H](C(=O)O)N1C(=O)c2cccc([N+](=O)[O-])c2C1=O. The maximum Gasteiger partial charge on any atom is 0.326 e. The molecule has 0 radical (unpaired) electrons. The maximum atomic E-state index is 12.2. The highest BCUT2D eigenvalue weighted by Crippen LogP contribution is 2.32. The molecule has 0 saturated carbocycles. The van der Waals surface area contributed by atoms with E-state index in [-0.39, 0.29) is 17.5 Å². The summed E-state index contributed by atoms with van der Waals surface area (Å²) in [4.78, 5) is 46.1. The van der Waals surface area contributed by atoms with E-state index in [0.717, 1.165) is 6.07 Å². The molecule has 0 spiro atoms. The van der Waals surface area contributed by atoms with Crippen molar-refractivity contribution < 1.29 is 24.4 Å². The van der Waals surface area contributed by atoms with E-state index in [1.54, 1.807) is 0 Å². The van der Waals surface area contributed by atoms with Crippen LogP contribution in [0.1, 0.15) is 34.1 Å². The van der Waals surface area contributed by atoms with Gasteiger partial charge in [-0.15, -0.1) is 0 Å². The monoisotopic (exact) mass is 278 g/mol. The average molecular weight is 278 g/mol. The van der Waals surface area contributed by atoms with E-state index in [1.807, 2.05) is 0 Å². The number of nitro groups is 1. The number of carboxylic acids is 1. The number of carboxylic acid groups (broad SMARTS) is 1. The number of hydrogen-bond donors (Lipinski definition) is 1. The lowest BCUT2D eigenvalue weighted by Crippen LogP contribution is -2.44. The first-order valence-corrected chi connectivity index (χ1v) is 5.78. The third-order valence-electron chi connectivity index (χ3n) is 3.10. The molecule has 0 saturated heterocycles. The Hall–Kier alpha value is -2.77. The number of nitro benzene ring substituents is 1. The van der Waals surface area contributed by atoms with E-state index >= 15 is 0 Å². The molecule has 0 unspecified atom stereocenters. The van der Waals surface area contributed by atoms with Crippen LogP contribution < -0.4 is 0 Å². The third kappa shape index (κ3) is 1.81. The molecule has 1 aromatic rings. The van der Waals surface area contributed by atoms with Crippen molar-refractivity contribution >= 4 is 23.5 Å². The van der Waals surface area contributed by atoms with Gasteiger partial charge in [-0.25, -0.2) is 4.79 Å². The molecule has 1 atom stereocenters. The third-order valence-corrected chi connectivity index (χ3v) is 3.10. The van der Waals surface area contributed by atoms with Gasteiger partial charge in [0, 0.05) is 6.07 Å². The average Bonchev–Trinajstić information content (AvgIpc) is 2.64. The molecule has 0 aromatic heterocycles. The second-order valence-electron chi connectivity index (χ2n) is 4.20. The number of benzene rings is 1. The van der Waals surface area contributed by atoms with Gasteiger partial charge in [-0.1, -0.05) is 13.0 Å². The fourth-order valence-corrected chi connectivity index (χ4v) is 2.19. The fraction of sp³-hybridized carbons (Fsp3) is 0.250. The van der Waals surface area contributed by atoms with Gasteiger partial charge in [0.25, 0.3) is 17.5 Å². The lowest BCUT2D eigenvalue weighted by Gasteiger charge is -2.20. The summed E-state index contributed by atoms with van der Waals surface area (Å²) in [6.07, 6.45) is 0.0224. The van der Waals surface area contributed by atoms with E-state index in [0.29, 0.717) is 4.90 Å². The zero-order chi connectivity index (χ0) is 15.0. The number of hydrogen-bond acceptors (Lipinski definition) is 5. The molecule has 8 heteroatoms. The second kappa shape index (κ2) is 4.72. The molecule has 1 aromatic carbocycles. The first-order valence-electron chi connectivity index (χ1n) is 5.78. The van der Waals surface area contributed by atoms with Gasteiger partial charge in [0.1, 0.15) is 11.6 Å². The quantitative estimate of drug-likeness (QED) is 0.499. The predicted octanol–water partition coefficient (Wildman–Crippen LogP) is 1.05. The van der Waals surface area contributed by atoms with Crippen LogP contribution in [0.2, 0.25) is 0 Å². The van der Waals surface area contributed by atoms with E-state index in [1.165, 1.54) is 19.1 Å². The van der Waals surface area contributed by atoms with Crippen molar-refractivity contribution in [2.75, 3.05) is 0 Å². The minimum Gasteiger partial charge on any atom is -0.480 e. The molecule has 8 nitrogen and oxygen atoms in total. The summed E-state index contributed by atoms with van der Waals surface area (Å²) >= 11 is 0. The summed E-state index contributed by atoms with van der Waals surface area (Å²) in [6, 6.07) is 2.33. The van der Waals surface area contributed by atoms with Crippen molar-refractivity contribution in [1.29, 1.82) is 0 Å². The van der Waals surface area contributed by atoms with Crippen molar-refractivity contribution in [2.24, 2.45) is 0 Å². The Kier molecular flexibility index (Phi) is 3.23. The fourth-order valence-electron chi connectivity index (χ4n) is 2.19. The highest BCUT2D eigenvalue weighted by atomic mass is 16.6. The van der Waals surface area contributed by atoms with E-state index in [2.05, 4.69) is 0 Å².